The summed E-state index contributed by atoms with van der Waals surface area (Å²) in [4.78, 5) is 46.5. The smallest absolute Gasteiger partial charge is 0.336 e. The number of nitrogens with one attached hydrogen (secondary N) is 1. The SMILES string of the molecule is Br.CCN(C)C=Nc1cc(C)c(Cc2nc(-c3ccccc3C(=O)NC)cs2)cc1C.CCN(C)C=Nc1cc(C)c(Cc2nc(-c3ccccc3C(=O)O)cs2)cc1C. The zero-order valence-electron chi connectivity index (χ0n) is 35.7. The van der Waals surface area contributed by atoms with Gasteiger partial charge in [-0.1, -0.05) is 48.5 Å². The number of nitrogens with zero attached hydrogens (tertiary/aromatic N) is 6. The molecular formula is C47H54BrN7O3S2. The van der Waals surface area contributed by atoms with Gasteiger partial charge in [-0.2, -0.15) is 0 Å². The highest BCUT2D eigenvalue weighted by molar-refractivity contribution is 8.93. The fourth-order valence-corrected chi connectivity index (χ4v) is 7.79. The highest BCUT2D eigenvalue weighted by Gasteiger charge is 2.16. The van der Waals surface area contributed by atoms with E-state index < -0.39 is 5.97 Å². The number of rotatable bonds is 14. The van der Waals surface area contributed by atoms with Crippen LogP contribution in [0.2, 0.25) is 0 Å². The van der Waals surface area contributed by atoms with Crippen LogP contribution < -0.4 is 5.32 Å². The molecule has 2 aromatic heterocycles. The molecule has 0 saturated heterocycles. The Balaban J connectivity index is 0.000000260. The molecule has 6 aromatic rings. The van der Waals surface area contributed by atoms with E-state index in [1.807, 2.05) is 72.8 Å². The second-order valence-electron chi connectivity index (χ2n) is 14.3. The molecule has 60 heavy (non-hydrogen) atoms. The second kappa shape index (κ2) is 22.2. The Morgan fingerprint density at radius 1 is 0.683 bits per heavy atom. The Morgan fingerprint density at radius 2 is 1.10 bits per heavy atom. The average molecular weight is 909 g/mol. The Morgan fingerprint density at radius 3 is 1.52 bits per heavy atom. The van der Waals surface area contributed by atoms with Gasteiger partial charge < -0.3 is 20.2 Å². The summed E-state index contributed by atoms with van der Waals surface area (Å²) < 4.78 is 0. The molecule has 0 saturated carbocycles. The van der Waals surface area contributed by atoms with Gasteiger partial charge in [-0.05, 0) is 99.2 Å². The summed E-state index contributed by atoms with van der Waals surface area (Å²) in [6, 6.07) is 23.2. The number of carbonyl (C=O) groups excluding carboxylic acids is 1. The minimum Gasteiger partial charge on any atom is -0.478 e. The second-order valence-corrected chi connectivity index (χ2v) is 16.2. The Labute approximate surface area is 372 Å². The zero-order valence-corrected chi connectivity index (χ0v) is 39.1. The van der Waals surface area contributed by atoms with Crippen molar-refractivity contribution in [3.63, 3.8) is 0 Å². The number of thiazole rings is 2. The molecule has 0 atom stereocenters. The molecule has 2 N–H and O–H groups in total. The number of hydrogen-bond donors (Lipinski definition) is 2. The van der Waals surface area contributed by atoms with Crippen LogP contribution in [0, 0.1) is 27.7 Å². The molecule has 0 aliphatic carbocycles. The highest BCUT2D eigenvalue weighted by atomic mass is 79.9. The van der Waals surface area contributed by atoms with Gasteiger partial charge in [0.25, 0.3) is 5.91 Å². The van der Waals surface area contributed by atoms with E-state index in [1.54, 1.807) is 47.9 Å². The minimum atomic E-state index is -0.938. The summed E-state index contributed by atoms with van der Waals surface area (Å²) in [5.41, 5.74) is 13.0. The summed E-state index contributed by atoms with van der Waals surface area (Å²) in [7, 11) is 5.66. The topological polar surface area (TPSA) is 123 Å². The minimum absolute atomic E-state index is 0. The number of hydrogen-bond acceptors (Lipinski definition) is 8. The molecule has 6 rings (SSSR count). The standard InChI is InChI=1S/C24H28N4OS.C23H25N3O2S.BrH/c1-6-28(5)15-26-21-12-16(2)18(11-17(21)3)13-23-27-22(14-30-23)19-9-7-8-10-20(19)24(29)25-4;1-5-26(4)14-24-20-11-15(2)17(10-16(20)3)12-22-25-21(13-29-22)18-8-6-7-9-19(18)23(27)28;/h7-12,14-15H,6,13H2,1-5H3,(H,25,29);6-11,13-14H,5,12H2,1-4H3,(H,27,28);1H. The lowest BCUT2D eigenvalue weighted by Gasteiger charge is -2.11. The molecule has 13 heteroatoms. The van der Waals surface area contributed by atoms with E-state index in [1.165, 1.54) is 22.3 Å². The van der Waals surface area contributed by atoms with Crippen LogP contribution in [0.1, 0.15) is 78.0 Å². The zero-order chi connectivity index (χ0) is 42.6. The first-order chi connectivity index (χ1) is 28.3. The molecule has 0 fully saturated rings. The molecule has 4 aromatic carbocycles. The van der Waals surface area contributed by atoms with Crippen LogP contribution in [0.5, 0.6) is 0 Å². The maximum Gasteiger partial charge on any atom is 0.336 e. The number of aromatic carboxylic acids is 1. The van der Waals surface area contributed by atoms with Gasteiger partial charge in [0, 0.05) is 74.5 Å². The third kappa shape index (κ3) is 12.3. The van der Waals surface area contributed by atoms with Crippen LogP contribution in [0.15, 0.2) is 93.5 Å². The maximum atomic E-state index is 12.2. The summed E-state index contributed by atoms with van der Waals surface area (Å²) in [6.07, 6.45) is 5.21. The van der Waals surface area contributed by atoms with Crippen LogP contribution in [0.4, 0.5) is 11.4 Å². The predicted octanol–water partition coefficient (Wildman–Crippen LogP) is 10.9. The van der Waals surface area contributed by atoms with Gasteiger partial charge in [0.1, 0.15) is 0 Å². The van der Waals surface area contributed by atoms with Crippen LogP contribution in [-0.4, -0.2) is 83.7 Å². The van der Waals surface area contributed by atoms with Crippen molar-refractivity contribution in [2.24, 2.45) is 9.98 Å². The van der Waals surface area contributed by atoms with Crippen molar-refractivity contribution in [2.45, 2.75) is 54.4 Å². The van der Waals surface area contributed by atoms with E-state index in [0.29, 0.717) is 23.2 Å². The third-order valence-corrected chi connectivity index (χ3v) is 11.7. The fourth-order valence-electron chi connectivity index (χ4n) is 6.15. The van der Waals surface area contributed by atoms with Crippen LogP contribution in [0.3, 0.4) is 0 Å². The van der Waals surface area contributed by atoms with Crippen molar-refractivity contribution >= 4 is 75.6 Å². The van der Waals surface area contributed by atoms with Crippen LogP contribution >= 0.6 is 39.7 Å². The highest BCUT2D eigenvalue weighted by Crippen LogP contribution is 2.31. The van der Waals surface area contributed by atoms with Crippen molar-refractivity contribution in [1.82, 2.24) is 25.1 Å². The first kappa shape index (κ1) is 47.2. The number of halogens is 1. The number of aryl methyl sites for hydroxylation is 4. The fraction of sp³-hybridized carbons (Fsp3) is 0.277. The molecule has 0 spiro atoms. The monoisotopic (exact) mass is 907 g/mol. The lowest BCUT2D eigenvalue weighted by atomic mass is 10.0. The number of carboxylic acid groups (broad SMARTS) is 1. The number of carboxylic acids is 1. The van der Waals surface area contributed by atoms with Crippen LogP contribution in [0.25, 0.3) is 22.5 Å². The summed E-state index contributed by atoms with van der Waals surface area (Å²) in [5.74, 6) is -1.04. The normalized spacial score (nSPS) is 10.9. The molecule has 0 aliphatic heterocycles. The molecule has 0 bridgehead atoms. The molecule has 314 valence electrons. The quantitative estimate of drug-likeness (QED) is 0.0824. The Bertz CT molecular complexity index is 2480. The van der Waals surface area contributed by atoms with E-state index in [4.69, 9.17) is 9.97 Å². The van der Waals surface area contributed by atoms with Crippen LogP contribution in [-0.2, 0) is 12.8 Å². The van der Waals surface area contributed by atoms with Gasteiger partial charge in [0.05, 0.1) is 51.0 Å². The van der Waals surface area contributed by atoms with Crippen molar-refractivity contribution in [3.05, 3.63) is 138 Å². The molecule has 10 nitrogen and oxygen atoms in total. The maximum absolute atomic E-state index is 12.2. The number of amides is 1. The molecule has 0 radical (unpaired) electrons. The first-order valence-corrected chi connectivity index (χ1v) is 21.3. The summed E-state index contributed by atoms with van der Waals surface area (Å²) in [5, 5.41) is 18.1. The lowest BCUT2D eigenvalue weighted by Crippen LogP contribution is -2.18. The Hall–Kier alpha value is -5.50. The van der Waals surface area contributed by atoms with E-state index in [-0.39, 0.29) is 28.5 Å². The van der Waals surface area contributed by atoms with Gasteiger partial charge in [-0.25, -0.2) is 24.7 Å². The van der Waals surface area contributed by atoms with Gasteiger partial charge in [0.15, 0.2) is 0 Å². The number of benzene rings is 4. The van der Waals surface area contributed by atoms with E-state index >= 15 is 0 Å². The van der Waals surface area contributed by atoms with Crippen molar-refractivity contribution < 1.29 is 14.7 Å². The number of aliphatic imine (C=N–C) groups is 2. The summed E-state index contributed by atoms with van der Waals surface area (Å²) in [6.45, 7) is 14.4. The number of aromatic nitrogens is 2. The molecule has 0 aliphatic rings. The molecule has 2 heterocycles. The summed E-state index contributed by atoms with van der Waals surface area (Å²) >= 11 is 3.18. The average Bonchev–Trinajstić information content (AvgIpc) is 3.92. The van der Waals surface area contributed by atoms with Gasteiger partial charge >= 0.3 is 5.97 Å². The third-order valence-electron chi connectivity index (χ3n) is 9.99. The first-order valence-electron chi connectivity index (χ1n) is 19.5. The molecule has 1 amide bonds. The van der Waals surface area contributed by atoms with Crippen molar-refractivity contribution in [2.75, 3.05) is 34.2 Å². The van der Waals surface area contributed by atoms with Gasteiger partial charge in [-0.15, -0.1) is 39.7 Å². The molecule has 0 unspecified atom stereocenters. The van der Waals surface area contributed by atoms with E-state index in [2.05, 4.69) is 86.0 Å². The molecular weight excluding hydrogens is 855 g/mol. The van der Waals surface area contributed by atoms with E-state index in [0.717, 1.165) is 63.3 Å². The van der Waals surface area contributed by atoms with E-state index in [9.17, 15) is 14.7 Å². The van der Waals surface area contributed by atoms with Gasteiger partial charge in [0.2, 0.25) is 0 Å². The predicted molar refractivity (Wildman–Crippen MR) is 256 cm³/mol. The van der Waals surface area contributed by atoms with Gasteiger partial charge in [-0.3, -0.25) is 4.79 Å². The number of carbonyl (C=O) groups is 2. The lowest BCUT2D eigenvalue weighted by molar-refractivity contribution is 0.0697. The largest absolute Gasteiger partial charge is 0.478 e. The van der Waals surface area contributed by atoms with Crippen molar-refractivity contribution in [1.29, 1.82) is 0 Å². The van der Waals surface area contributed by atoms with Crippen molar-refractivity contribution in [3.8, 4) is 22.5 Å². The Kier molecular flexibility index (Phi) is 17.5.